The van der Waals surface area contributed by atoms with Crippen molar-refractivity contribution in [2.75, 3.05) is 42.0 Å². The van der Waals surface area contributed by atoms with Gasteiger partial charge in [0.25, 0.3) is 0 Å². The first-order valence-electron chi connectivity index (χ1n) is 6.82. The van der Waals surface area contributed by atoms with Crippen LogP contribution < -0.4 is 0 Å². The van der Waals surface area contributed by atoms with E-state index in [0.717, 1.165) is 10.1 Å². The first-order chi connectivity index (χ1) is 10.4. The van der Waals surface area contributed by atoms with E-state index in [9.17, 15) is 9.59 Å². The Morgan fingerprint density at radius 1 is 0.909 bits per heavy atom. The molecule has 0 aromatic rings. The van der Waals surface area contributed by atoms with E-state index in [-0.39, 0.29) is 0 Å². The van der Waals surface area contributed by atoms with Crippen LogP contribution in [-0.4, -0.2) is 85.7 Å². The molecule has 2 heterocycles. The van der Waals surface area contributed by atoms with Crippen LogP contribution in [0.3, 0.4) is 0 Å². The predicted molar refractivity (Wildman–Crippen MR) is 72.7 cm³/mol. The number of rotatable bonds is 6. The SMILES string of the molecule is CCCN1C(=O)N(OC)C2(OC)N(C)C(=O)N(OC)C12OC. The lowest BCUT2D eigenvalue weighted by molar-refractivity contribution is -0.394. The molecular weight excluding hydrogens is 296 g/mol. The van der Waals surface area contributed by atoms with Crippen LogP contribution in [0.4, 0.5) is 9.59 Å². The normalized spacial score (nSPS) is 31.5. The lowest BCUT2D eigenvalue weighted by Gasteiger charge is -2.43. The summed E-state index contributed by atoms with van der Waals surface area (Å²) in [5.41, 5.74) is 0. The zero-order chi connectivity index (χ0) is 16.7. The van der Waals surface area contributed by atoms with Gasteiger partial charge in [-0.2, -0.15) is 0 Å². The lowest BCUT2D eigenvalue weighted by Crippen LogP contribution is -2.69. The van der Waals surface area contributed by atoms with E-state index in [1.807, 2.05) is 6.92 Å². The maximum absolute atomic E-state index is 12.7. The molecule has 0 spiro atoms. The van der Waals surface area contributed by atoms with Crippen LogP contribution in [0.5, 0.6) is 0 Å². The van der Waals surface area contributed by atoms with Crippen molar-refractivity contribution in [3.05, 3.63) is 0 Å². The molecule has 0 aromatic carbocycles. The van der Waals surface area contributed by atoms with Crippen molar-refractivity contribution in [2.24, 2.45) is 0 Å². The molecule has 0 saturated carbocycles. The highest BCUT2D eigenvalue weighted by Gasteiger charge is 2.82. The summed E-state index contributed by atoms with van der Waals surface area (Å²) in [4.78, 5) is 38.2. The highest BCUT2D eigenvalue weighted by molar-refractivity contribution is 5.86. The number of methoxy groups -OCH3 is 2. The third-order valence-corrected chi connectivity index (χ3v) is 4.04. The van der Waals surface area contributed by atoms with Gasteiger partial charge in [-0.1, -0.05) is 6.92 Å². The zero-order valence-corrected chi connectivity index (χ0v) is 13.7. The number of likely N-dealkylation sites (N-methyl/N-ethyl adjacent to an activating group) is 1. The second-order valence-corrected chi connectivity index (χ2v) is 4.85. The molecule has 2 rings (SSSR count). The van der Waals surface area contributed by atoms with Gasteiger partial charge in [-0.05, 0) is 6.42 Å². The average Bonchev–Trinajstić information content (AvgIpc) is 2.84. The largest absolute Gasteiger partial charge is 0.352 e. The topological polar surface area (TPSA) is 84.0 Å². The maximum Gasteiger partial charge on any atom is 0.352 e. The van der Waals surface area contributed by atoms with Crippen LogP contribution in [0.2, 0.25) is 0 Å². The molecule has 126 valence electrons. The minimum atomic E-state index is -1.64. The van der Waals surface area contributed by atoms with Gasteiger partial charge in [0.15, 0.2) is 0 Å². The summed E-state index contributed by atoms with van der Waals surface area (Å²) < 4.78 is 11.2. The van der Waals surface area contributed by atoms with E-state index in [1.54, 1.807) is 0 Å². The molecule has 2 atom stereocenters. The predicted octanol–water partition coefficient (Wildman–Crippen LogP) is 0.225. The monoisotopic (exact) mass is 318 g/mol. The molecule has 22 heavy (non-hydrogen) atoms. The quantitative estimate of drug-likeness (QED) is 0.697. The Labute approximate surface area is 128 Å². The molecule has 2 saturated heterocycles. The molecule has 0 aliphatic carbocycles. The number of urea groups is 2. The Balaban J connectivity index is 2.74. The minimum absolute atomic E-state index is 0.318. The van der Waals surface area contributed by atoms with Crippen LogP contribution in [0.25, 0.3) is 0 Å². The standard InChI is InChI=1S/C12H22N4O6/c1-7-8-14-10(18)16(22-6)11(19-3)12(14,20-4)15(21-5)9(17)13(11)2/h7-8H2,1-6H3. The first-order valence-corrected chi connectivity index (χ1v) is 6.82. The first kappa shape index (κ1) is 16.7. The van der Waals surface area contributed by atoms with Gasteiger partial charge in [0, 0.05) is 27.8 Å². The number of hydrogen-bond donors (Lipinski definition) is 0. The number of carbonyl (C=O) groups is 2. The lowest BCUT2D eigenvalue weighted by atomic mass is 10.2. The van der Waals surface area contributed by atoms with E-state index < -0.39 is 23.8 Å². The van der Waals surface area contributed by atoms with E-state index in [1.165, 1.54) is 45.3 Å². The Hall–Kier alpha value is -1.62. The number of hydroxylamine groups is 4. The highest BCUT2D eigenvalue weighted by Crippen LogP contribution is 2.51. The van der Waals surface area contributed by atoms with Crippen molar-refractivity contribution >= 4 is 12.1 Å². The van der Waals surface area contributed by atoms with E-state index in [2.05, 4.69) is 0 Å². The number of nitrogens with zero attached hydrogens (tertiary/aromatic N) is 4. The molecule has 0 bridgehead atoms. The van der Waals surface area contributed by atoms with Crippen LogP contribution in [0, 0.1) is 0 Å². The summed E-state index contributed by atoms with van der Waals surface area (Å²) in [6, 6.07) is -1.02. The van der Waals surface area contributed by atoms with Crippen molar-refractivity contribution in [3.63, 3.8) is 0 Å². The number of hydrogen-bond acceptors (Lipinski definition) is 6. The smallest absolute Gasteiger partial charge is 0.334 e. The maximum atomic E-state index is 12.7. The van der Waals surface area contributed by atoms with Gasteiger partial charge in [0.1, 0.15) is 0 Å². The zero-order valence-electron chi connectivity index (χ0n) is 13.7. The summed E-state index contributed by atoms with van der Waals surface area (Å²) in [7, 11) is 6.87. The molecule has 2 fully saturated rings. The van der Waals surface area contributed by atoms with Crippen molar-refractivity contribution in [2.45, 2.75) is 25.0 Å². The fourth-order valence-corrected chi connectivity index (χ4v) is 3.22. The molecule has 2 aliphatic heterocycles. The van der Waals surface area contributed by atoms with Crippen molar-refractivity contribution < 1.29 is 28.7 Å². The van der Waals surface area contributed by atoms with Crippen LogP contribution in [0.1, 0.15) is 13.3 Å². The number of carbonyl (C=O) groups excluding carboxylic acids is 2. The van der Waals surface area contributed by atoms with E-state index in [0.29, 0.717) is 13.0 Å². The molecule has 10 heteroatoms. The van der Waals surface area contributed by atoms with Gasteiger partial charge in [-0.25, -0.2) is 9.59 Å². The number of fused-ring (bicyclic) bond motifs is 1. The van der Waals surface area contributed by atoms with Crippen LogP contribution >= 0.6 is 0 Å². The Kier molecular flexibility index (Phi) is 4.22. The molecule has 0 N–H and O–H groups in total. The summed E-state index contributed by atoms with van der Waals surface area (Å²) >= 11 is 0. The average molecular weight is 318 g/mol. The minimum Gasteiger partial charge on any atom is -0.334 e. The molecule has 2 aliphatic rings. The number of ether oxygens (including phenoxy) is 2. The fraction of sp³-hybridized carbons (Fsp3) is 0.833. The Bertz CT molecular complexity index is 475. The van der Waals surface area contributed by atoms with Gasteiger partial charge in [-0.3, -0.25) is 19.5 Å². The molecular formula is C12H22N4O6. The van der Waals surface area contributed by atoms with Gasteiger partial charge in [0.2, 0.25) is 0 Å². The van der Waals surface area contributed by atoms with Crippen LogP contribution in [0.15, 0.2) is 0 Å². The van der Waals surface area contributed by atoms with E-state index in [4.69, 9.17) is 19.1 Å². The third-order valence-electron chi connectivity index (χ3n) is 4.04. The fourth-order valence-electron chi connectivity index (χ4n) is 3.22. The van der Waals surface area contributed by atoms with Gasteiger partial charge < -0.3 is 9.47 Å². The summed E-state index contributed by atoms with van der Waals surface area (Å²) in [6.07, 6.45) is 0.643. The van der Waals surface area contributed by atoms with Crippen molar-refractivity contribution in [1.29, 1.82) is 0 Å². The van der Waals surface area contributed by atoms with E-state index >= 15 is 0 Å². The molecule has 0 radical (unpaired) electrons. The molecule has 10 nitrogen and oxygen atoms in total. The second kappa shape index (κ2) is 5.54. The van der Waals surface area contributed by atoms with Crippen molar-refractivity contribution in [1.82, 2.24) is 19.9 Å². The molecule has 4 amide bonds. The van der Waals surface area contributed by atoms with Gasteiger partial charge in [0.05, 0.1) is 14.2 Å². The third kappa shape index (κ3) is 1.52. The second-order valence-electron chi connectivity index (χ2n) is 4.85. The van der Waals surface area contributed by atoms with Crippen LogP contribution in [-0.2, 0) is 19.1 Å². The van der Waals surface area contributed by atoms with Gasteiger partial charge >= 0.3 is 23.8 Å². The summed E-state index contributed by atoms with van der Waals surface area (Å²) in [5.74, 6) is -3.28. The highest BCUT2D eigenvalue weighted by atomic mass is 16.8. The summed E-state index contributed by atoms with van der Waals surface area (Å²) in [5, 5.41) is 1.95. The Morgan fingerprint density at radius 3 is 1.82 bits per heavy atom. The number of amides is 4. The van der Waals surface area contributed by atoms with Gasteiger partial charge in [-0.15, -0.1) is 10.1 Å². The molecule has 2 unspecified atom stereocenters. The molecule has 0 aromatic heterocycles. The Morgan fingerprint density at radius 2 is 1.41 bits per heavy atom. The van der Waals surface area contributed by atoms with Crippen molar-refractivity contribution in [3.8, 4) is 0 Å². The summed E-state index contributed by atoms with van der Waals surface area (Å²) in [6.45, 7) is 2.22.